The van der Waals surface area contributed by atoms with E-state index >= 15 is 0 Å². The highest BCUT2D eigenvalue weighted by molar-refractivity contribution is 7.17. The highest BCUT2D eigenvalue weighted by Gasteiger charge is 2.06. The van der Waals surface area contributed by atoms with Gasteiger partial charge >= 0.3 is 0 Å². The Morgan fingerprint density at radius 3 is 2.84 bits per heavy atom. The predicted molar refractivity (Wildman–Crippen MR) is 80.3 cm³/mol. The number of anilines is 1. The summed E-state index contributed by atoms with van der Waals surface area (Å²) < 4.78 is 14.5. The van der Waals surface area contributed by atoms with Gasteiger partial charge < -0.3 is 5.32 Å². The molecule has 3 rings (SSSR count). The number of halogens is 1. The number of thiophene rings is 1. The first-order valence-electron chi connectivity index (χ1n) is 6.21. The molecule has 1 atom stereocenters. The Balaban J connectivity index is 1.83. The summed E-state index contributed by atoms with van der Waals surface area (Å²) >= 11 is 1.74. The minimum atomic E-state index is -0.195. The molecule has 0 aliphatic rings. The van der Waals surface area contributed by atoms with E-state index < -0.39 is 0 Å². The van der Waals surface area contributed by atoms with Crippen LogP contribution in [0.5, 0.6) is 0 Å². The molecule has 1 aromatic heterocycles. The van der Waals surface area contributed by atoms with Crippen LogP contribution in [0.3, 0.4) is 0 Å². The Labute approximate surface area is 115 Å². The monoisotopic (exact) mass is 271 g/mol. The van der Waals surface area contributed by atoms with Crippen molar-refractivity contribution in [2.45, 2.75) is 13.0 Å². The highest BCUT2D eigenvalue weighted by Crippen LogP contribution is 2.26. The van der Waals surface area contributed by atoms with Crippen molar-refractivity contribution in [1.29, 1.82) is 0 Å². The summed E-state index contributed by atoms with van der Waals surface area (Å²) in [4.78, 5) is 0. The summed E-state index contributed by atoms with van der Waals surface area (Å²) in [6.45, 7) is 2.03. The first-order chi connectivity index (χ1) is 9.22. The van der Waals surface area contributed by atoms with Crippen LogP contribution in [0, 0.1) is 5.82 Å². The Kier molecular flexibility index (Phi) is 3.22. The standard InChI is InChI=1S/C16H14FNS/c1-11(12-3-2-4-14(17)9-12)18-15-5-6-16-13(10-15)7-8-19-16/h2-11,18H,1H3. The fraction of sp³-hybridized carbons (Fsp3) is 0.125. The van der Waals surface area contributed by atoms with Gasteiger partial charge in [-0.1, -0.05) is 12.1 Å². The highest BCUT2D eigenvalue weighted by atomic mass is 32.1. The maximum atomic E-state index is 13.2. The number of nitrogens with one attached hydrogen (secondary N) is 1. The second kappa shape index (κ2) is 5.02. The van der Waals surface area contributed by atoms with Crippen molar-refractivity contribution in [2.24, 2.45) is 0 Å². The van der Waals surface area contributed by atoms with Crippen LogP contribution in [-0.2, 0) is 0 Å². The van der Waals surface area contributed by atoms with Crippen molar-refractivity contribution in [3.05, 3.63) is 65.3 Å². The van der Waals surface area contributed by atoms with Crippen molar-refractivity contribution in [3.63, 3.8) is 0 Å². The van der Waals surface area contributed by atoms with Crippen LogP contribution in [0.1, 0.15) is 18.5 Å². The molecule has 0 saturated carbocycles. The van der Waals surface area contributed by atoms with Crippen molar-refractivity contribution in [2.75, 3.05) is 5.32 Å². The molecule has 1 unspecified atom stereocenters. The third kappa shape index (κ3) is 2.61. The smallest absolute Gasteiger partial charge is 0.123 e. The van der Waals surface area contributed by atoms with E-state index in [1.807, 2.05) is 13.0 Å². The van der Waals surface area contributed by atoms with E-state index in [1.165, 1.54) is 16.2 Å². The molecule has 1 heterocycles. The van der Waals surface area contributed by atoms with Crippen molar-refractivity contribution in [1.82, 2.24) is 0 Å². The van der Waals surface area contributed by atoms with Gasteiger partial charge in [0.2, 0.25) is 0 Å². The van der Waals surface area contributed by atoms with Crippen LogP contribution in [0.25, 0.3) is 10.1 Å². The van der Waals surface area contributed by atoms with Crippen LogP contribution in [0.4, 0.5) is 10.1 Å². The molecule has 0 spiro atoms. The van der Waals surface area contributed by atoms with Crippen LogP contribution in [0.15, 0.2) is 53.9 Å². The van der Waals surface area contributed by atoms with Gasteiger partial charge in [-0.05, 0) is 59.7 Å². The lowest BCUT2D eigenvalue weighted by molar-refractivity contribution is 0.623. The Morgan fingerprint density at radius 1 is 1.11 bits per heavy atom. The van der Waals surface area contributed by atoms with Gasteiger partial charge in [0.05, 0.1) is 0 Å². The topological polar surface area (TPSA) is 12.0 Å². The molecule has 2 aromatic carbocycles. The number of hydrogen-bond donors (Lipinski definition) is 1. The van der Waals surface area contributed by atoms with Crippen molar-refractivity contribution >= 4 is 27.1 Å². The Morgan fingerprint density at radius 2 is 2.00 bits per heavy atom. The third-order valence-corrected chi connectivity index (χ3v) is 4.08. The van der Waals surface area contributed by atoms with Gasteiger partial charge in [0, 0.05) is 16.4 Å². The second-order valence-corrected chi connectivity index (χ2v) is 5.54. The zero-order valence-electron chi connectivity index (χ0n) is 10.6. The molecule has 0 amide bonds. The number of fused-ring (bicyclic) bond motifs is 1. The first-order valence-corrected chi connectivity index (χ1v) is 7.09. The lowest BCUT2D eigenvalue weighted by atomic mass is 10.1. The van der Waals surface area contributed by atoms with Crippen LogP contribution >= 0.6 is 11.3 Å². The minimum Gasteiger partial charge on any atom is -0.379 e. The molecule has 1 N–H and O–H groups in total. The SMILES string of the molecule is CC(Nc1ccc2sccc2c1)c1cccc(F)c1. The summed E-state index contributed by atoms with van der Waals surface area (Å²) in [6.07, 6.45) is 0. The molecular weight excluding hydrogens is 257 g/mol. The maximum absolute atomic E-state index is 13.2. The molecule has 0 fully saturated rings. The lowest BCUT2D eigenvalue weighted by Crippen LogP contribution is -2.06. The van der Waals surface area contributed by atoms with E-state index in [2.05, 4.69) is 35.0 Å². The molecule has 0 aliphatic heterocycles. The van der Waals surface area contributed by atoms with Crippen LogP contribution in [-0.4, -0.2) is 0 Å². The quantitative estimate of drug-likeness (QED) is 0.689. The van der Waals surface area contributed by atoms with Gasteiger partial charge in [0.25, 0.3) is 0 Å². The second-order valence-electron chi connectivity index (χ2n) is 4.59. The molecule has 0 aliphatic carbocycles. The van der Waals surface area contributed by atoms with E-state index in [4.69, 9.17) is 0 Å². The maximum Gasteiger partial charge on any atom is 0.123 e. The molecule has 3 heteroatoms. The van der Waals surface area contributed by atoms with Gasteiger partial charge in [-0.15, -0.1) is 11.3 Å². The zero-order chi connectivity index (χ0) is 13.2. The van der Waals surface area contributed by atoms with E-state index in [-0.39, 0.29) is 11.9 Å². The van der Waals surface area contributed by atoms with E-state index in [0.717, 1.165) is 11.3 Å². The molecule has 3 aromatic rings. The average Bonchev–Trinajstić information content (AvgIpc) is 2.86. The normalized spacial score (nSPS) is 12.5. The number of hydrogen-bond acceptors (Lipinski definition) is 2. The molecule has 96 valence electrons. The molecule has 0 saturated heterocycles. The predicted octanol–water partition coefficient (Wildman–Crippen LogP) is 5.21. The molecule has 0 bridgehead atoms. The van der Waals surface area contributed by atoms with E-state index in [1.54, 1.807) is 23.5 Å². The van der Waals surface area contributed by atoms with Crippen molar-refractivity contribution < 1.29 is 4.39 Å². The fourth-order valence-corrected chi connectivity index (χ4v) is 2.94. The summed E-state index contributed by atoms with van der Waals surface area (Å²) in [7, 11) is 0. The van der Waals surface area contributed by atoms with E-state index in [9.17, 15) is 4.39 Å². The molecule has 19 heavy (non-hydrogen) atoms. The Hall–Kier alpha value is -1.87. The first kappa shape index (κ1) is 12.2. The summed E-state index contributed by atoms with van der Waals surface area (Å²) in [6, 6.07) is 15.2. The third-order valence-electron chi connectivity index (χ3n) is 3.18. The summed E-state index contributed by atoms with van der Waals surface area (Å²) in [5, 5.41) is 6.73. The summed E-state index contributed by atoms with van der Waals surface area (Å²) in [5.41, 5.74) is 2.01. The number of rotatable bonds is 3. The van der Waals surface area contributed by atoms with Gasteiger partial charge in [-0.3, -0.25) is 0 Å². The van der Waals surface area contributed by atoms with Crippen molar-refractivity contribution in [3.8, 4) is 0 Å². The van der Waals surface area contributed by atoms with E-state index in [0.29, 0.717) is 0 Å². The fourth-order valence-electron chi connectivity index (χ4n) is 2.17. The lowest BCUT2D eigenvalue weighted by Gasteiger charge is -2.16. The summed E-state index contributed by atoms with van der Waals surface area (Å²) in [5.74, 6) is -0.195. The van der Waals surface area contributed by atoms with Gasteiger partial charge in [0.1, 0.15) is 5.82 Å². The molecule has 0 radical (unpaired) electrons. The number of benzene rings is 2. The largest absolute Gasteiger partial charge is 0.379 e. The van der Waals surface area contributed by atoms with Gasteiger partial charge in [-0.2, -0.15) is 0 Å². The molecular formula is C16H14FNS. The average molecular weight is 271 g/mol. The zero-order valence-corrected chi connectivity index (χ0v) is 11.4. The minimum absolute atomic E-state index is 0.0757. The molecule has 1 nitrogen and oxygen atoms in total. The van der Waals surface area contributed by atoms with Crippen LogP contribution < -0.4 is 5.32 Å². The van der Waals surface area contributed by atoms with Gasteiger partial charge in [-0.25, -0.2) is 4.39 Å². The van der Waals surface area contributed by atoms with Gasteiger partial charge in [0.15, 0.2) is 0 Å². The Bertz CT molecular complexity index is 705. The van der Waals surface area contributed by atoms with Crippen LogP contribution in [0.2, 0.25) is 0 Å².